The van der Waals surface area contributed by atoms with Crippen molar-refractivity contribution in [3.05, 3.63) is 77.0 Å². The molecular formula is C30H35N5O8S. The van der Waals surface area contributed by atoms with Crippen molar-refractivity contribution in [1.29, 1.82) is 5.41 Å². The third kappa shape index (κ3) is 8.17. The number of benzene rings is 2. The van der Waals surface area contributed by atoms with Crippen molar-refractivity contribution in [2.24, 2.45) is 11.1 Å². The number of pyridine rings is 1. The van der Waals surface area contributed by atoms with Crippen molar-refractivity contribution in [3.63, 3.8) is 0 Å². The zero-order valence-corrected chi connectivity index (χ0v) is 26.0. The number of anilines is 1. The van der Waals surface area contributed by atoms with Crippen LogP contribution < -0.4 is 20.7 Å². The van der Waals surface area contributed by atoms with Gasteiger partial charge in [-0.15, -0.1) is 0 Å². The van der Waals surface area contributed by atoms with Gasteiger partial charge in [-0.1, -0.05) is 26.8 Å². The van der Waals surface area contributed by atoms with E-state index >= 15 is 0 Å². The molecule has 2 amide bonds. The SMILES string of the molecule is COc1ccc(-c2ccc(C(=O)N[C@H](COS(C)(=O)=O)C(C)(C)C)cc2C(=O)O)c(C(=O)N(C)c2ccc(C(=N)N)cc2)n1. The molecule has 0 saturated carbocycles. The smallest absolute Gasteiger partial charge is 0.336 e. The van der Waals surface area contributed by atoms with Crippen molar-refractivity contribution in [1.82, 2.24) is 10.3 Å². The summed E-state index contributed by atoms with van der Waals surface area (Å²) in [5, 5.41) is 20.4. The average molecular weight is 626 g/mol. The Morgan fingerprint density at radius 3 is 2.16 bits per heavy atom. The second-order valence-corrected chi connectivity index (χ2v) is 12.7. The second-order valence-electron chi connectivity index (χ2n) is 11.0. The van der Waals surface area contributed by atoms with Crippen LogP contribution in [0.15, 0.2) is 54.6 Å². The summed E-state index contributed by atoms with van der Waals surface area (Å²) in [6, 6.07) is 12.6. The molecule has 0 saturated heterocycles. The highest BCUT2D eigenvalue weighted by molar-refractivity contribution is 7.85. The molecule has 5 N–H and O–H groups in total. The number of rotatable bonds is 11. The number of carboxylic acid groups (broad SMARTS) is 1. The Morgan fingerprint density at radius 2 is 1.64 bits per heavy atom. The molecule has 0 aliphatic heterocycles. The largest absolute Gasteiger partial charge is 0.481 e. The Kier molecular flexibility index (Phi) is 10.1. The van der Waals surface area contributed by atoms with Gasteiger partial charge in [0, 0.05) is 35.5 Å². The van der Waals surface area contributed by atoms with E-state index < -0.39 is 39.4 Å². The van der Waals surface area contributed by atoms with E-state index in [1.165, 1.54) is 49.4 Å². The van der Waals surface area contributed by atoms with Crippen molar-refractivity contribution in [2.45, 2.75) is 26.8 Å². The number of carboxylic acids is 1. The summed E-state index contributed by atoms with van der Waals surface area (Å²) < 4.78 is 33.2. The summed E-state index contributed by atoms with van der Waals surface area (Å²) in [5.74, 6) is -2.59. The summed E-state index contributed by atoms with van der Waals surface area (Å²) in [4.78, 5) is 45.0. The fraction of sp³-hybridized carbons (Fsp3) is 0.300. The molecule has 1 heterocycles. The third-order valence-electron chi connectivity index (χ3n) is 6.75. The van der Waals surface area contributed by atoms with Gasteiger partial charge in [0.2, 0.25) is 5.88 Å². The summed E-state index contributed by atoms with van der Waals surface area (Å²) in [6.07, 6.45) is 0.904. The molecule has 0 unspecified atom stereocenters. The molecule has 44 heavy (non-hydrogen) atoms. The maximum atomic E-state index is 13.7. The van der Waals surface area contributed by atoms with Crippen LogP contribution in [0.3, 0.4) is 0 Å². The number of carbonyl (C=O) groups is 3. The molecule has 0 fully saturated rings. The molecule has 14 heteroatoms. The van der Waals surface area contributed by atoms with Crippen LogP contribution in [-0.2, 0) is 14.3 Å². The first-order valence-electron chi connectivity index (χ1n) is 13.2. The van der Waals surface area contributed by atoms with Crippen molar-refractivity contribution in [3.8, 4) is 17.0 Å². The zero-order chi connectivity index (χ0) is 33.0. The minimum absolute atomic E-state index is 0.00298. The van der Waals surface area contributed by atoms with E-state index in [2.05, 4.69) is 10.3 Å². The molecule has 2 aromatic carbocycles. The minimum Gasteiger partial charge on any atom is -0.481 e. The lowest BCUT2D eigenvalue weighted by atomic mass is 9.87. The Balaban J connectivity index is 2.04. The van der Waals surface area contributed by atoms with Crippen LogP contribution in [-0.4, -0.2) is 75.2 Å². The zero-order valence-electron chi connectivity index (χ0n) is 25.2. The number of methoxy groups -OCH3 is 1. The molecule has 0 aliphatic carbocycles. The fourth-order valence-electron chi connectivity index (χ4n) is 4.11. The van der Waals surface area contributed by atoms with Gasteiger partial charge in [0.1, 0.15) is 11.5 Å². The predicted molar refractivity (Wildman–Crippen MR) is 165 cm³/mol. The number of nitrogens with one attached hydrogen (secondary N) is 2. The predicted octanol–water partition coefficient (Wildman–Crippen LogP) is 3.14. The summed E-state index contributed by atoms with van der Waals surface area (Å²) >= 11 is 0. The highest BCUT2D eigenvalue weighted by Gasteiger charge is 2.29. The van der Waals surface area contributed by atoms with E-state index in [1.54, 1.807) is 45.0 Å². The van der Waals surface area contributed by atoms with Gasteiger partial charge in [-0.05, 0) is 53.4 Å². The van der Waals surface area contributed by atoms with Gasteiger partial charge in [-0.25, -0.2) is 9.78 Å². The molecular weight excluding hydrogens is 590 g/mol. The quantitative estimate of drug-likeness (QED) is 0.139. The number of nitrogens with zero attached hydrogens (tertiary/aromatic N) is 2. The van der Waals surface area contributed by atoms with Gasteiger partial charge < -0.3 is 25.8 Å². The molecule has 0 bridgehead atoms. The summed E-state index contributed by atoms with van der Waals surface area (Å²) in [7, 11) is -0.876. The van der Waals surface area contributed by atoms with Crippen LogP contribution in [0.5, 0.6) is 5.88 Å². The number of amidine groups is 1. The first kappa shape index (κ1) is 33.7. The van der Waals surface area contributed by atoms with Crippen LogP contribution in [0.2, 0.25) is 0 Å². The number of hydrogen-bond donors (Lipinski definition) is 4. The van der Waals surface area contributed by atoms with Gasteiger partial charge in [0.05, 0.1) is 31.6 Å². The lowest BCUT2D eigenvalue weighted by molar-refractivity contribution is 0.0697. The van der Waals surface area contributed by atoms with Crippen LogP contribution in [0.1, 0.15) is 57.5 Å². The number of aromatic nitrogens is 1. The Morgan fingerprint density at radius 1 is 1.05 bits per heavy atom. The lowest BCUT2D eigenvalue weighted by Crippen LogP contribution is -2.47. The average Bonchev–Trinajstić information content (AvgIpc) is 2.96. The molecule has 1 atom stereocenters. The van der Waals surface area contributed by atoms with E-state index in [1.807, 2.05) is 0 Å². The number of aromatic carboxylic acids is 1. The van der Waals surface area contributed by atoms with Gasteiger partial charge >= 0.3 is 5.97 Å². The second kappa shape index (κ2) is 13.2. The normalized spacial score (nSPS) is 12.2. The first-order valence-corrected chi connectivity index (χ1v) is 15.0. The molecule has 0 aliphatic rings. The monoisotopic (exact) mass is 625 g/mol. The number of ether oxygens (including phenoxy) is 1. The highest BCUT2D eigenvalue weighted by Crippen LogP contribution is 2.31. The number of nitrogens with two attached hydrogens (primary N) is 1. The Bertz CT molecular complexity index is 1700. The molecule has 3 rings (SSSR count). The fourth-order valence-corrected chi connectivity index (χ4v) is 4.50. The standard InChI is InChI=1S/C30H35N5O8S/c1-30(2,3)23(16-43-44(6,40)41)33-27(36)18-9-12-20(22(15-18)29(38)39)21-13-14-24(42-5)34-25(21)28(37)35(4)19-10-7-17(8-11-19)26(31)32/h7-15,23H,16H2,1-6H3,(H3,31,32)(H,33,36)(H,38,39)/t23-/m1/s1. The van der Waals surface area contributed by atoms with Gasteiger partial charge in [0.15, 0.2) is 0 Å². The summed E-state index contributed by atoms with van der Waals surface area (Å²) in [5.41, 5.74) is 5.80. The molecule has 13 nitrogen and oxygen atoms in total. The van der Waals surface area contributed by atoms with Gasteiger partial charge in [-0.2, -0.15) is 8.42 Å². The van der Waals surface area contributed by atoms with Gasteiger partial charge in [-0.3, -0.25) is 19.2 Å². The third-order valence-corrected chi connectivity index (χ3v) is 7.32. The topological polar surface area (TPSA) is 202 Å². The number of carbonyl (C=O) groups excluding carboxylic acids is 2. The molecule has 0 radical (unpaired) electrons. The maximum absolute atomic E-state index is 13.7. The van der Waals surface area contributed by atoms with Crippen LogP contribution in [0.25, 0.3) is 11.1 Å². The van der Waals surface area contributed by atoms with E-state index in [0.717, 1.165) is 6.26 Å². The number of nitrogen functional groups attached to an aromatic ring is 1. The Hall–Kier alpha value is -4.82. The van der Waals surface area contributed by atoms with Gasteiger partial charge in [0.25, 0.3) is 21.9 Å². The van der Waals surface area contributed by atoms with Crippen molar-refractivity contribution in [2.75, 3.05) is 31.9 Å². The maximum Gasteiger partial charge on any atom is 0.336 e. The Labute approximate surface area is 255 Å². The molecule has 1 aromatic heterocycles. The molecule has 3 aromatic rings. The number of hydrogen-bond acceptors (Lipinski definition) is 9. The van der Waals surface area contributed by atoms with Crippen LogP contribution in [0, 0.1) is 10.8 Å². The first-order chi connectivity index (χ1) is 20.4. The molecule has 234 valence electrons. The number of amides is 2. The van der Waals surface area contributed by atoms with Crippen LogP contribution >= 0.6 is 0 Å². The van der Waals surface area contributed by atoms with E-state index in [9.17, 15) is 27.9 Å². The van der Waals surface area contributed by atoms with Crippen molar-refractivity contribution >= 4 is 39.4 Å². The highest BCUT2D eigenvalue weighted by atomic mass is 32.2. The minimum atomic E-state index is -3.77. The van der Waals surface area contributed by atoms with E-state index in [4.69, 9.17) is 20.1 Å². The summed E-state index contributed by atoms with van der Waals surface area (Å²) in [6.45, 7) is 5.06. The van der Waals surface area contributed by atoms with Crippen LogP contribution in [0.4, 0.5) is 5.69 Å². The molecule has 0 spiro atoms. The van der Waals surface area contributed by atoms with E-state index in [0.29, 0.717) is 11.3 Å². The lowest BCUT2D eigenvalue weighted by Gasteiger charge is -2.31. The van der Waals surface area contributed by atoms with Crippen molar-refractivity contribution < 1.29 is 36.8 Å². The van der Waals surface area contributed by atoms with E-state index in [-0.39, 0.29) is 46.3 Å².